The summed E-state index contributed by atoms with van der Waals surface area (Å²) in [7, 11) is 1.60. The molecule has 75 heavy (non-hydrogen) atoms. The molecule has 0 bridgehead atoms. The molecule has 0 spiro atoms. The van der Waals surface area contributed by atoms with Crippen molar-refractivity contribution in [2.75, 3.05) is 52.1 Å². The largest absolute Gasteiger partial charge is 0.462 e. The highest BCUT2D eigenvalue weighted by molar-refractivity contribution is 7.22. The van der Waals surface area contributed by atoms with Crippen LogP contribution in [0.15, 0.2) is 72.9 Å². The van der Waals surface area contributed by atoms with Gasteiger partial charge in [0, 0.05) is 24.8 Å². The maximum Gasteiger partial charge on any atom is 0.332 e. The Labute approximate surface area is 441 Å². The van der Waals surface area contributed by atoms with Crippen LogP contribution in [-0.4, -0.2) is 118 Å². The number of ether oxygens (including phenoxy) is 10. The molecule has 1 aromatic heterocycles. The zero-order chi connectivity index (χ0) is 52.9. The minimum atomic E-state index is -0.549. The first kappa shape index (κ1) is 56.7. The van der Waals surface area contributed by atoms with Gasteiger partial charge >= 0.3 is 35.8 Å². The summed E-state index contributed by atoms with van der Waals surface area (Å²) in [6.45, 7) is 7.92. The van der Waals surface area contributed by atoms with Gasteiger partial charge < -0.3 is 47.4 Å². The van der Waals surface area contributed by atoms with E-state index in [1.54, 1.807) is 36.5 Å². The lowest BCUT2D eigenvalue weighted by atomic mass is 9.82. The quantitative estimate of drug-likeness (QED) is 0.0114. The van der Waals surface area contributed by atoms with Gasteiger partial charge in [0.15, 0.2) is 13.6 Å². The van der Waals surface area contributed by atoms with E-state index in [2.05, 4.69) is 13.2 Å². The fourth-order valence-corrected chi connectivity index (χ4v) is 10.6. The number of carbonyl (C=O) groups is 6. The Bertz CT molecular complexity index is 2400. The minimum Gasteiger partial charge on any atom is -0.462 e. The second kappa shape index (κ2) is 29.3. The fraction of sp³-hybridized carbons (Fsp3) is 0.564. The van der Waals surface area contributed by atoms with Gasteiger partial charge in [0.1, 0.15) is 23.7 Å². The average Bonchev–Trinajstić information content (AvgIpc) is 3.87. The Morgan fingerprint density at radius 3 is 1.65 bits per heavy atom. The van der Waals surface area contributed by atoms with Crippen molar-refractivity contribution in [2.45, 2.75) is 127 Å². The average molecular weight is 1060 g/mol. The molecule has 406 valence electrons. The number of rotatable bonds is 25. The van der Waals surface area contributed by atoms with Gasteiger partial charge in [-0.25, -0.2) is 19.6 Å². The molecule has 2 aromatic carbocycles. The number of para-hydroxylation sites is 1. The molecule has 4 aliphatic rings. The summed E-state index contributed by atoms with van der Waals surface area (Å²) in [5, 5.41) is 7.15. The highest BCUT2D eigenvalue weighted by atomic mass is 32.1. The van der Waals surface area contributed by atoms with Crippen LogP contribution >= 0.6 is 11.3 Å². The van der Waals surface area contributed by atoms with Crippen LogP contribution in [0.5, 0.6) is 11.5 Å². The summed E-state index contributed by atoms with van der Waals surface area (Å²) in [5.74, 6) is -3.65. The Hall–Kier alpha value is -6.06. The normalized spacial score (nSPS) is 23.9. The van der Waals surface area contributed by atoms with Crippen LogP contribution < -0.4 is 14.5 Å². The van der Waals surface area contributed by atoms with Crippen LogP contribution in [0.2, 0.25) is 0 Å². The number of carbonyl (C=O) groups excluding carboxylic acids is 6. The first-order valence-corrected chi connectivity index (χ1v) is 26.8. The lowest BCUT2D eigenvalue weighted by Gasteiger charge is -2.31. The SMILES string of the molecule is C=CC(=O)OCOC1CCC(OC(=O)C2CCC(C(=O)Oc3ccc(OC(=O)C4CCC(C(=O)OC5CCC(OCOC(=O)C=C)CC5)CC4)c(/C=N/N(CCOCCOC)c4nc5ccccc5s4)c3)CC2)CC1. The highest BCUT2D eigenvalue weighted by Crippen LogP contribution is 2.36. The molecule has 1 heterocycles. The number of hydrogen-bond donors (Lipinski definition) is 0. The van der Waals surface area contributed by atoms with Crippen LogP contribution in [-0.2, 0) is 66.7 Å². The van der Waals surface area contributed by atoms with Crippen LogP contribution in [0, 0.1) is 23.7 Å². The molecule has 3 aromatic rings. The summed E-state index contributed by atoms with van der Waals surface area (Å²) in [5.41, 5.74) is 1.19. The maximum absolute atomic E-state index is 13.9. The van der Waals surface area contributed by atoms with E-state index in [0.29, 0.717) is 140 Å². The first-order chi connectivity index (χ1) is 36.5. The van der Waals surface area contributed by atoms with Crippen molar-refractivity contribution in [1.82, 2.24) is 4.98 Å². The van der Waals surface area contributed by atoms with Crippen molar-refractivity contribution >= 4 is 68.7 Å². The van der Waals surface area contributed by atoms with E-state index in [0.717, 1.165) is 22.4 Å². The van der Waals surface area contributed by atoms with E-state index >= 15 is 0 Å². The van der Waals surface area contributed by atoms with Gasteiger partial charge in [-0.3, -0.25) is 19.2 Å². The smallest absolute Gasteiger partial charge is 0.332 e. The second-order valence-electron chi connectivity index (χ2n) is 19.2. The number of esters is 6. The molecule has 0 unspecified atom stereocenters. The molecule has 4 aliphatic carbocycles. The summed E-state index contributed by atoms with van der Waals surface area (Å²) in [6.07, 6.45) is 12.0. The Morgan fingerprint density at radius 1 is 0.627 bits per heavy atom. The Kier molecular flexibility index (Phi) is 22.1. The molecule has 0 atom stereocenters. The van der Waals surface area contributed by atoms with E-state index in [-0.39, 0.29) is 73.3 Å². The molecule has 0 radical (unpaired) electrons. The van der Waals surface area contributed by atoms with Crippen LogP contribution in [0.4, 0.5) is 5.13 Å². The van der Waals surface area contributed by atoms with E-state index in [1.165, 1.54) is 11.3 Å². The summed E-state index contributed by atoms with van der Waals surface area (Å²) in [4.78, 5) is 81.5. The number of hydrazone groups is 1. The van der Waals surface area contributed by atoms with Crippen molar-refractivity contribution in [3.63, 3.8) is 0 Å². The van der Waals surface area contributed by atoms with Gasteiger partial charge in [-0.15, -0.1) is 0 Å². The molecule has 0 saturated heterocycles. The number of thiazole rings is 1. The predicted molar refractivity (Wildman–Crippen MR) is 275 cm³/mol. The molecule has 0 amide bonds. The number of aromatic nitrogens is 1. The third-order valence-corrected chi connectivity index (χ3v) is 15.1. The molecule has 4 fully saturated rings. The summed E-state index contributed by atoms with van der Waals surface area (Å²) >= 11 is 1.46. The lowest BCUT2D eigenvalue weighted by molar-refractivity contribution is -0.165. The minimum absolute atomic E-state index is 0.0869. The van der Waals surface area contributed by atoms with Gasteiger partial charge in [-0.1, -0.05) is 36.6 Å². The first-order valence-electron chi connectivity index (χ1n) is 26.0. The topological polar surface area (TPSA) is 223 Å². The van der Waals surface area contributed by atoms with Crippen LogP contribution in [0.3, 0.4) is 0 Å². The standard InChI is InChI=1S/C55H69N3O16S/c1-4-49(59)69-34-67-41-18-22-43(23-19-41)71-51(61)36-10-12-38(13-11-36)53(63)73-45-26-27-47(40(32-45)33-56-58(28-29-66-31-30-65-3)55-57-46-8-6-7-9-48(46)75-55)74-54(64)39-16-14-37(15-17-39)52(62)72-44-24-20-42(21-25-44)68-35-70-50(60)5-2/h4-9,26-27,32-33,36-39,41-44H,1-2,10-25,28-31,34-35H2,3H3/b56-33+. The molecular weight excluding hydrogens is 991 g/mol. The van der Waals surface area contributed by atoms with Gasteiger partial charge in [0.25, 0.3) is 0 Å². The van der Waals surface area contributed by atoms with Gasteiger partial charge in [0.2, 0.25) is 5.13 Å². The number of benzene rings is 2. The molecule has 19 nitrogen and oxygen atoms in total. The second-order valence-corrected chi connectivity index (χ2v) is 20.2. The van der Waals surface area contributed by atoms with E-state index in [4.69, 9.17) is 57.5 Å². The lowest BCUT2D eigenvalue weighted by Crippen LogP contribution is -2.33. The Morgan fingerprint density at radius 2 is 1.13 bits per heavy atom. The third kappa shape index (κ3) is 17.5. The van der Waals surface area contributed by atoms with Crippen molar-refractivity contribution in [3.05, 3.63) is 73.3 Å². The molecule has 20 heteroatoms. The summed E-state index contributed by atoms with van der Waals surface area (Å²) in [6, 6.07) is 12.5. The van der Waals surface area contributed by atoms with Crippen LogP contribution in [0.25, 0.3) is 10.2 Å². The van der Waals surface area contributed by atoms with Crippen LogP contribution in [0.1, 0.15) is 108 Å². The number of methoxy groups -OCH3 is 1. The molecule has 7 rings (SSSR count). The van der Waals surface area contributed by atoms with E-state index in [9.17, 15) is 28.8 Å². The maximum atomic E-state index is 13.9. The number of anilines is 1. The molecule has 4 saturated carbocycles. The van der Waals surface area contributed by atoms with Crippen molar-refractivity contribution in [1.29, 1.82) is 0 Å². The molecular formula is C55H69N3O16S. The van der Waals surface area contributed by atoms with Gasteiger partial charge in [-0.05, 0) is 133 Å². The number of hydrogen-bond acceptors (Lipinski definition) is 20. The van der Waals surface area contributed by atoms with Gasteiger partial charge in [-0.2, -0.15) is 5.10 Å². The van der Waals surface area contributed by atoms with Crippen molar-refractivity contribution in [2.24, 2.45) is 28.8 Å². The molecule has 0 aliphatic heterocycles. The number of nitrogens with zero attached hydrogens (tertiary/aromatic N) is 3. The van der Waals surface area contributed by atoms with Crippen molar-refractivity contribution < 1.29 is 76.1 Å². The van der Waals surface area contributed by atoms with Crippen molar-refractivity contribution in [3.8, 4) is 11.5 Å². The fourth-order valence-electron chi connectivity index (χ4n) is 9.65. The monoisotopic (exact) mass is 1060 g/mol. The zero-order valence-electron chi connectivity index (χ0n) is 42.6. The van der Waals surface area contributed by atoms with E-state index < -0.39 is 35.7 Å². The Balaban J connectivity index is 0.952. The summed E-state index contributed by atoms with van der Waals surface area (Å²) < 4.78 is 56.9. The number of fused-ring (bicyclic) bond motifs is 1. The highest BCUT2D eigenvalue weighted by Gasteiger charge is 2.36. The third-order valence-electron chi connectivity index (χ3n) is 14.1. The van der Waals surface area contributed by atoms with E-state index in [1.807, 2.05) is 24.3 Å². The molecule has 0 N–H and O–H groups in total. The zero-order valence-corrected chi connectivity index (χ0v) is 43.5. The predicted octanol–water partition coefficient (Wildman–Crippen LogP) is 8.34. The van der Waals surface area contributed by atoms with Gasteiger partial charge in [0.05, 0.1) is 78.7 Å².